The molecule has 7 heteroatoms. The molecule has 1 N–H and O–H groups in total. The first kappa shape index (κ1) is 32.5. The van der Waals surface area contributed by atoms with Crippen LogP contribution in [0.15, 0.2) is 91.0 Å². The van der Waals surface area contributed by atoms with Crippen molar-refractivity contribution >= 4 is 34.0 Å². The zero-order chi connectivity index (χ0) is 33.0. The zero-order valence-electron chi connectivity index (χ0n) is 27.5. The standard InChI is InChI=1S/C40H42N2O4S/c1-40(2,3)29-15-18-30(19-16-29)46-31-17-14-28-23-35(41-34(33(28)24-31)22-26-10-8-9-11-26)38(43)42-36(39(44)45-4)25-32-20-21-37(47-32)27-12-6-5-7-13-27/h5-7,12-21,23-24,26,36H,8-11,22,25H2,1-4H3,(H,42,43)/t36-/m0/s1. The third kappa shape index (κ3) is 7.91. The molecule has 3 aromatic carbocycles. The molecule has 0 saturated heterocycles. The van der Waals surface area contributed by atoms with E-state index in [9.17, 15) is 9.59 Å². The second-order valence-corrected chi connectivity index (χ2v) is 14.6. The molecule has 1 atom stereocenters. The zero-order valence-corrected chi connectivity index (χ0v) is 28.4. The van der Waals surface area contributed by atoms with E-state index in [4.69, 9.17) is 14.5 Å². The summed E-state index contributed by atoms with van der Waals surface area (Å²) in [5.74, 6) is 1.14. The summed E-state index contributed by atoms with van der Waals surface area (Å²) in [4.78, 5) is 33.6. The molecule has 1 saturated carbocycles. The Labute approximate surface area is 281 Å². The summed E-state index contributed by atoms with van der Waals surface area (Å²) in [6, 6.07) is 29.3. The molecule has 2 heterocycles. The predicted molar refractivity (Wildman–Crippen MR) is 189 cm³/mol. The Hall–Kier alpha value is -4.49. The van der Waals surface area contributed by atoms with Crippen LogP contribution < -0.4 is 10.1 Å². The fourth-order valence-electron chi connectivity index (χ4n) is 6.29. The number of pyridine rings is 1. The van der Waals surface area contributed by atoms with Gasteiger partial charge in [0, 0.05) is 27.3 Å². The van der Waals surface area contributed by atoms with Crippen LogP contribution in [-0.4, -0.2) is 30.0 Å². The minimum Gasteiger partial charge on any atom is -0.467 e. The summed E-state index contributed by atoms with van der Waals surface area (Å²) < 4.78 is 11.4. The van der Waals surface area contributed by atoms with Gasteiger partial charge in [0.15, 0.2) is 0 Å². The number of methoxy groups -OCH3 is 1. The maximum Gasteiger partial charge on any atom is 0.328 e. The lowest BCUT2D eigenvalue weighted by atomic mass is 9.87. The van der Waals surface area contributed by atoms with Crippen molar-refractivity contribution in [3.8, 4) is 21.9 Å². The highest BCUT2D eigenvalue weighted by atomic mass is 32.1. The molecule has 0 unspecified atom stereocenters. The predicted octanol–water partition coefficient (Wildman–Crippen LogP) is 9.30. The molecule has 242 valence electrons. The van der Waals surface area contributed by atoms with Crippen molar-refractivity contribution in [2.45, 2.75) is 70.8 Å². The number of carbonyl (C=O) groups is 2. The van der Waals surface area contributed by atoms with Gasteiger partial charge < -0.3 is 14.8 Å². The monoisotopic (exact) mass is 646 g/mol. The van der Waals surface area contributed by atoms with Gasteiger partial charge in [-0.1, -0.05) is 95.0 Å². The van der Waals surface area contributed by atoms with E-state index in [2.05, 4.69) is 50.4 Å². The first-order valence-corrected chi connectivity index (χ1v) is 17.2. The molecule has 5 aromatic rings. The number of hydrogen-bond acceptors (Lipinski definition) is 6. The van der Waals surface area contributed by atoms with Crippen molar-refractivity contribution in [1.82, 2.24) is 10.3 Å². The summed E-state index contributed by atoms with van der Waals surface area (Å²) in [6.45, 7) is 6.58. The second-order valence-electron chi connectivity index (χ2n) is 13.5. The van der Waals surface area contributed by atoms with E-state index in [1.54, 1.807) is 17.4 Å². The van der Waals surface area contributed by atoms with Crippen LogP contribution in [0.25, 0.3) is 21.2 Å². The number of benzene rings is 3. The molecule has 0 bridgehead atoms. The Morgan fingerprint density at radius 2 is 1.64 bits per heavy atom. The number of aromatic nitrogens is 1. The van der Waals surface area contributed by atoms with E-state index in [0.717, 1.165) is 62.5 Å². The van der Waals surface area contributed by atoms with Crippen molar-refractivity contribution in [3.05, 3.63) is 113 Å². The lowest BCUT2D eigenvalue weighted by Gasteiger charge is -2.19. The van der Waals surface area contributed by atoms with Crippen LogP contribution in [0.3, 0.4) is 0 Å². The molecule has 6 nitrogen and oxygen atoms in total. The quantitative estimate of drug-likeness (QED) is 0.153. The van der Waals surface area contributed by atoms with Gasteiger partial charge in [0.2, 0.25) is 0 Å². The molecule has 1 fully saturated rings. The van der Waals surface area contributed by atoms with E-state index >= 15 is 0 Å². The number of esters is 1. The van der Waals surface area contributed by atoms with Gasteiger partial charge >= 0.3 is 5.97 Å². The first-order valence-electron chi connectivity index (χ1n) is 16.4. The van der Waals surface area contributed by atoms with Gasteiger partial charge in [0.1, 0.15) is 23.2 Å². The Kier molecular flexibility index (Phi) is 9.73. The third-order valence-corrected chi connectivity index (χ3v) is 10.1. The van der Waals surface area contributed by atoms with Gasteiger partial charge in [-0.15, -0.1) is 11.3 Å². The van der Waals surface area contributed by atoms with Crippen LogP contribution >= 0.6 is 11.3 Å². The van der Waals surface area contributed by atoms with Gasteiger partial charge in [0.25, 0.3) is 5.91 Å². The van der Waals surface area contributed by atoms with Crippen LogP contribution in [0.5, 0.6) is 11.5 Å². The number of ether oxygens (including phenoxy) is 2. The van der Waals surface area contributed by atoms with Gasteiger partial charge in [-0.05, 0) is 76.7 Å². The summed E-state index contributed by atoms with van der Waals surface area (Å²) in [5, 5.41) is 4.82. The van der Waals surface area contributed by atoms with Crippen LogP contribution in [0.2, 0.25) is 0 Å². The van der Waals surface area contributed by atoms with Crippen LogP contribution in [0.1, 0.15) is 73.1 Å². The van der Waals surface area contributed by atoms with E-state index in [0.29, 0.717) is 18.0 Å². The number of nitrogens with one attached hydrogen (secondary N) is 1. The Morgan fingerprint density at radius 3 is 2.34 bits per heavy atom. The van der Waals surface area contributed by atoms with Gasteiger partial charge in [-0.2, -0.15) is 0 Å². The van der Waals surface area contributed by atoms with Crippen molar-refractivity contribution in [3.63, 3.8) is 0 Å². The summed E-state index contributed by atoms with van der Waals surface area (Å²) in [7, 11) is 1.35. The molecule has 2 aromatic heterocycles. The SMILES string of the molecule is COC(=O)[C@H](Cc1ccc(-c2ccccc2)s1)NC(=O)c1cc2ccc(Oc3ccc(C(C)(C)C)cc3)cc2c(CC2CCCC2)n1. The first-order chi connectivity index (χ1) is 22.7. The molecule has 6 rings (SSSR count). The lowest BCUT2D eigenvalue weighted by Crippen LogP contribution is -2.43. The maximum absolute atomic E-state index is 13.7. The van der Waals surface area contributed by atoms with Crippen LogP contribution in [0.4, 0.5) is 0 Å². The van der Waals surface area contributed by atoms with Crippen LogP contribution in [0, 0.1) is 5.92 Å². The molecule has 1 amide bonds. The number of thiophene rings is 1. The normalized spacial score (nSPS) is 14.2. The van der Waals surface area contributed by atoms with Gasteiger partial charge in [-0.25, -0.2) is 9.78 Å². The molecule has 0 spiro atoms. The average Bonchev–Trinajstić information content (AvgIpc) is 3.77. The molecule has 0 radical (unpaired) electrons. The minimum absolute atomic E-state index is 0.0685. The average molecular weight is 647 g/mol. The Bertz CT molecular complexity index is 1850. The highest BCUT2D eigenvalue weighted by molar-refractivity contribution is 7.15. The summed E-state index contributed by atoms with van der Waals surface area (Å²) in [5.41, 5.74) is 3.61. The Balaban J connectivity index is 1.25. The highest BCUT2D eigenvalue weighted by Crippen LogP contribution is 2.34. The van der Waals surface area contributed by atoms with Crippen molar-refractivity contribution in [2.75, 3.05) is 7.11 Å². The summed E-state index contributed by atoms with van der Waals surface area (Å²) >= 11 is 1.60. The van der Waals surface area contributed by atoms with Crippen molar-refractivity contribution < 1.29 is 19.1 Å². The number of nitrogens with zero attached hydrogens (tertiary/aromatic N) is 1. The van der Waals surface area contributed by atoms with E-state index in [1.165, 1.54) is 25.5 Å². The number of carbonyl (C=O) groups excluding carboxylic acids is 2. The lowest BCUT2D eigenvalue weighted by molar-refractivity contribution is -0.142. The maximum atomic E-state index is 13.7. The van der Waals surface area contributed by atoms with Gasteiger partial charge in [-0.3, -0.25) is 4.79 Å². The van der Waals surface area contributed by atoms with Crippen molar-refractivity contribution in [2.24, 2.45) is 5.92 Å². The van der Waals surface area contributed by atoms with Gasteiger partial charge in [0.05, 0.1) is 7.11 Å². The van der Waals surface area contributed by atoms with E-state index < -0.39 is 17.9 Å². The number of hydrogen-bond donors (Lipinski definition) is 1. The number of rotatable bonds is 10. The molecule has 47 heavy (non-hydrogen) atoms. The van der Waals surface area contributed by atoms with E-state index in [-0.39, 0.29) is 5.41 Å². The topological polar surface area (TPSA) is 77.5 Å². The highest BCUT2D eigenvalue weighted by Gasteiger charge is 2.26. The molecular weight excluding hydrogens is 605 g/mol. The molecule has 1 aliphatic carbocycles. The largest absolute Gasteiger partial charge is 0.467 e. The fraction of sp³-hybridized carbons (Fsp3) is 0.325. The van der Waals surface area contributed by atoms with Crippen molar-refractivity contribution in [1.29, 1.82) is 0 Å². The van der Waals surface area contributed by atoms with Crippen LogP contribution in [-0.2, 0) is 27.8 Å². The molecule has 1 aliphatic rings. The number of amides is 1. The molecular formula is C40H42N2O4S. The molecule has 0 aliphatic heterocycles. The second kappa shape index (κ2) is 14.1. The smallest absolute Gasteiger partial charge is 0.328 e. The summed E-state index contributed by atoms with van der Waals surface area (Å²) in [6.07, 6.45) is 5.88. The minimum atomic E-state index is -0.842. The number of fused-ring (bicyclic) bond motifs is 1. The third-order valence-electron chi connectivity index (χ3n) is 8.95. The Morgan fingerprint density at radius 1 is 0.915 bits per heavy atom. The fourth-order valence-corrected chi connectivity index (χ4v) is 7.35. The van der Waals surface area contributed by atoms with E-state index in [1.807, 2.05) is 60.7 Å².